The monoisotopic (exact) mass is 356 g/mol. The zero-order valence-corrected chi connectivity index (χ0v) is 13.6. The molecule has 23 heavy (non-hydrogen) atoms. The lowest BCUT2D eigenvalue weighted by atomic mass is 9.97. The van der Waals surface area contributed by atoms with Crippen LogP contribution in [-0.4, -0.2) is 44.4 Å². The maximum Gasteiger partial charge on any atom is 0.389 e. The predicted molar refractivity (Wildman–Crippen MR) is 82.7 cm³/mol. The SMILES string of the molecule is COc1cccc(F)c1[C@H](CCC(F)(F)F)N1CCNCC1.Cl. The normalized spacial score (nSPS) is 17.4. The number of alkyl halides is 3. The maximum absolute atomic E-state index is 14.3. The van der Waals surface area contributed by atoms with Gasteiger partial charge in [-0.15, -0.1) is 12.4 Å². The first kappa shape index (κ1) is 20.0. The third-order valence-corrected chi connectivity index (χ3v) is 3.86. The van der Waals surface area contributed by atoms with Crippen molar-refractivity contribution in [1.29, 1.82) is 0 Å². The zero-order valence-electron chi connectivity index (χ0n) is 12.8. The topological polar surface area (TPSA) is 24.5 Å². The average molecular weight is 357 g/mol. The van der Waals surface area contributed by atoms with Crippen LogP contribution in [0.1, 0.15) is 24.4 Å². The summed E-state index contributed by atoms with van der Waals surface area (Å²) in [7, 11) is 1.40. The third-order valence-electron chi connectivity index (χ3n) is 3.86. The van der Waals surface area contributed by atoms with Crippen LogP contribution in [0.3, 0.4) is 0 Å². The van der Waals surface area contributed by atoms with Gasteiger partial charge in [-0.05, 0) is 18.6 Å². The van der Waals surface area contributed by atoms with E-state index < -0.39 is 24.5 Å². The van der Waals surface area contributed by atoms with Gasteiger partial charge in [-0.3, -0.25) is 4.90 Å². The van der Waals surface area contributed by atoms with Crippen molar-refractivity contribution in [1.82, 2.24) is 10.2 Å². The number of piperazine rings is 1. The van der Waals surface area contributed by atoms with Crippen LogP contribution in [0.4, 0.5) is 17.6 Å². The molecule has 0 bridgehead atoms. The third kappa shape index (κ3) is 5.51. The number of hydrogen-bond donors (Lipinski definition) is 1. The number of rotatable bonds is 5. The summed E-state index contributed by atoms with van der Waals surface area (Å²) in [6.07, 6.45) is -5.38. The van der Waals surface area contributed by atoms with E-state index in [0.717, 1.165) is 0 Å². The summed E-state index contributed by atoms with van der Waals surface area (Å²) >= 11 is 0. The van der Waals surface area contributed by atoms with Crippen LogP contribution in [0.15, 0.2) is 18.2 Å². The summed E-state index contributed by atoms with van der Waals surface area (Å²) in [5.41, 5.74) is 0.219. The summed E-state index contributed by atoms with van der Waals surface area (Å²) in [6, 6.07) is 3.71. The minimum Gasteiger partial charge on any atom is -0.496 e. The zero-order chi connectivity index (χ0) is 16.2. The van der Waals surface area contributed by atoms with Crippen LogP contribution in [0, 0.1) is 5.82 Å². The molecule has 1 heterocycles. The summed E-state index contributed by atoms with van der Waals surface area (Å²) in [4.78, 5) is 1.89. The van der Waals surface area contributed by atoms with E-state index in [1.165, 1.54) is 19.2 Å². The van der Waals surface area contributed by atoms with Gasteiger partial charge in [0.05, 0.1) is 7.11 Å². The largest absolute Gasteiger partial charge is 0.496 e. The van der Waals surface area contributed by atoms with Crippen LogP contribution in [-0.2, 0) is 0 Å². The van der Waals surface area contributed by atoms with E-state index in [9.17, 15) is 17.6 Å². The Balaban J connectivity index is 0.00000264. The second-order valence-electron chi connectivity index (χ2n) is 5.31. The lowest BCUT2D eigenvalue weighted by molar-refractivity contribution is -0.138. The maximum atomic E-state index is 14.3. The van der Waals surface area contributed by atoms with E-state index in [1.807, 2.05) is 4.90 Å². The first-order valence-electron chi connectivity index (χ1n) is 7.26. The average Bonchev–Trinajstić information content (AvgIpc) is 2.48. The van der Waals surface area contributed by atoms with Crippen molar-refractivity contribution in [3.63, 3.8) is 0 Å². The molecule has 0 aliphatic carbocycles. The van der Waals surface area contributed by atoms with E-state index in [2.05, 4.69) is 5.32 Å². The van der Waals surface area contributed by atoms with E-state index in [1.54, 1.807) is 6.07 Å². The molecule has 1 aromatic carbocycles. The fraction of sp³-hybridized carbons (Fsp3) is 0.600. The van der Waals surface area contributed by atoms with Crippen molar-refractivity contribution >= 4 is 12.4 Å². The molecule has 3 nitrogen and oxygen atoms in total. The van der Waals surface area contributed by atoms with Gasteiger partial charge in [-0.1, -0.05) is 6.07 Å². The fourth-order valence-corrected chi connectivity index (χ4v) is 2.82. The number of nitrogens with one attached hydrogen (secondary N) is 1. The van der Waals surface area contributed by atoms with Crippen LogP contribution in [0.2, 0.25) is 0 Å². The fourth-order valence-electron chi connectivity index (χ4n) is 2.82. The van der Waals surface area contributed by atoms with Gasteiger partial charge >= 0.3 is 6.18 Å². The van der Waals surface area contributed by atoms with E-state index >= 15 is 0 Å². The molecule has 8 heteroatoms. The molecule has 1 aliphatic rings. The van der Waals surface area contributed by atoms with Gasteiger partial charge < -0.3 is 10.1 Å². The van der Waals surface area contributed by atoms with Gasteiger partial charge in [0, 0.05) is 44.2 Å². The van der Waals surface area contributed by atoms with Crippen LogP contribution in [0.25, 0.3) is 0 Å². The Morgan fingerprint density at radius 2 is 1.91 bits per heavy atom. The lowest BCUT2D eigenvalue weighted by Crippen LogP contribution is -2.45. The molecule has 1 aliphatic heterocycles. The van der Waals surface area contributed by atoms with Crippen molar-refractivity contribution in [3.05, 3.63) is 29.6 Å². The standard InChI is InChI=1S/C15H20F4N2O.ClH/c1-22-13-4-2-3-11(16)14(13)12(5-6-15(17,18)19)21-9-7-20-8-10-21;/h2-4,12,20H,5-10H2,1H3;1H/t12-;/m0./s1. The molecule has 0 unspecified atom stereocenters. The number of halogens is 5. The Hall–Kier alpha value is -1.05. The summed E-state index contributed by atoms with van der Waals surface area (Å²) < 4.78 is 57.3. The highest BCUT2D eigenvalue weighted by Crippen LogP contribution is 2.37. The van der Waals surface area contributed by atoms with Gasteiger partial charge in [0.25, 0.3) is 0 Å². The molecule has 2 rings (SSSR count). The Morgan fingerprint density at radius 1 is 1.26 bits per heavy atom. The molecule has 0 aromatic heterocycles. The molecule has 132 valence electrons. The lowest BCUT2D eigenvalue weighted by Gasteiger charge is -2.36. The molecule has 0 saturated carbocycles. The number of hydrogen-bond acceptors (Lipinski definition) is 3. The smallest absolute Gasteiger partial charge is 0.389 e. The predicted octanol–water partition coefficient (Wildman–Crippen LogP) is 3.54. The van der Waals surface area contributed by atoms with Gasteiger partial charge in [0.15, 0.2) is 0 Å². The van der Waals surface area contributed by atoms with Crippen LogP contribution >= 0.6 is 12.4 Å². The number of benzene rings is 1. The summed E-state index contributed by atoms with van der Waals surface area (Å²) in [5, 5.41) is 3.15. The minimum absolute atomic E-state index is 0. The Morgan fingerprint density at radius 3 is 2.48 bits per heavy atom. The van der Waals surface area contributed by atoms with Crippen LogP contribution < -0.4 is 10.1 Å². The Kier molecular flexibility index (Phi) is 7.57. The molecule has 0 amide bonds. The Bertz CT molecular complexity index is 493. The molecule has 1 aromatic rings. The van der Waals surface area contributed by atoms with Gasteiger partial charge in [-0.25, -0.2) is 4.39 Å². The quantitative estimate of drug-likeness (QED) is 0.817. The van der Waals surface area contributed by atoms with Crippen molar-refractivity contribution in [3.8, 4) is 5.75 Å². The summed E-state index contributed by atoms with van der Waals surface area (Å²) in [6.45, 7) is 2.53. The Labute approximate surface area is 139 Å². The van der Waals surface area contributed by atoms with Crippen molar-refractivity contribution in [2.45, 2.75) is 25.1 Å². The van der Waals surface area contributed by atoms with E-state index in [-0.39, 0.29) is 24.4 Å². The van der Waals surface area contributed by atoms with Crippen LogP contribution in [0.5, 0.6) is 5.75 Å². The van der Waals surface area contributed by atoms with Gasteiger partial charge in [0.2, 0.25) is 0 Å². The van der Waals surface area contributed by atoms with Crippen molar-refractivity contribution < 1.29 is 22.3 Å². The first-order chi connectivity index (χ1) is 10.4. The molecule has 0 radical (unpaired) electrons. The number of ether oxygens (including phenoxy) is 1. The van der Waals surface area contributed by atoms with Gasteiger partial charge in [-0.2, -0.15) is 13.2 Å². The highest BCUT2D eigenvalue weighted by molar-refractivity contribution is 5.85. The van der Waals surface area contributed by atoms with Gasteiger partial charge in [0.1, 0.15) is 11.6 Å². The highest BCUT2D eigenvalue weighted by Gasteiger charge is 2.33. The van der Waals surface area contributed by atoms with Crippen molar-refractivity contribution in [2.24, 2.45) is 0 Å². The first-order valence-corrected chi connectivity index (χ1v) is 7.26. The minimum atomic E-state index is -4.26. The van der Waals surface area contributed by atoms with E-state index in [0.29, 0.717) is 31.9 Å². The molecule has 0 spiro atoms. The molecule has 1 atom stereocenters. The molecule has 1 N–H and O–H groups in total. The number of nitrogens with zero attached hydrogens (tertiary/aromatic N) is 1. The second-order valence-corrected chi connectivity index (χ2v) is 5.31. The highest BCUT2D eigenvalue weighted by atomic mass is 35.5. The molecule has 1 saturated heterocycles. The molecular weight excluding hydrogens is 336 g/mol. The van der Waals surface area contributed by atoms with E-state index in [4.69, 9.17) is 4.74 Å². The molecular formula is C15H21ClF4N2O. The summed E-state index contributed by atoms with van der Waals surface area (Å²) in [5.74, 6) is -0.226. The second kappa shape index (κ2) is 8.70. The molecule has 1 fully saturated rings. The van der Waals surface area contributed by atoms with Crippen molar-refractivity contribution in [2.75, 3.05) is 33.3 Å². The number of methoxy groups -OCH3 is 1.